The Balaban J connectivity index is 1.11. The topological polar surface area (TPSA) is 3.24 Å². The van der Waals surface area contributed by atoms with Crippen molar-refractivity contribution in [2.75, 3.05) is 4.90 Å². The van der Waals surface area contributed by atoms with Gasteiger partial charge in [0, 0.05) is 37.1 Å². The molecule has 1 heterocycles. The van der Waals surface area contributed by atoms with Crippen LogP contribution >= 0.6 is 11.3 Å². The first-order valence-electron chi connectivity index (χ1n) is 19.7. The summed E-state index contributed by atoms with van der Waals surface area (Å²) in [6, 6.07) is 78.8. The molecule has 0 atom stereocenters. The van der Waals surface area contributed by atoms with Crippen LogP contribution < -0.4 is 4.90 Å². The highest BCUT2D eigenvalue weighted by Gasteiger charge is 2.51. The van der Waals surface area contributed by atoms with Gasteiger partial charge in [-0.15, -0.1) is 11.3 Å². The van der Waals surface area contributed by atoms with Crippen LogP contribution in [0.1, 0.15) is 22.3 Å². The van der Waals surface area contributed by atoms with Gasteiger partial charge in [-0.25, -0.2) is 0 Å². The number of nitrogens with zero attached hydrogens (tertiary/aromatic N) is 1. The van der Waals surface area contributed by atoms with Crippen molar-refractivity contribution in [3.63, 3.8) is 0 Å². The van der Waals surface area contributed by atoms with Crippen molar-refractivity contribution in [3.8, 4) is 44.5 Å². The monoisotopic (exact) mass is 741 g/mol. The van der Waals surface area contributed by atoms with Crippen molar-refractivity contribution < 1.29 is 0 Å². The molecule has 0 N–H and O–H groups in total. The average Bonchev–Trinajstić information content (AvgIpc) is 3.91. The van der Waals surface area contributed by atoms with Crippen molar-refractivity contribution in [2.24, 2.45) is 0 Å². The van der Waals surface area contributed by atoms with E-state index in [-0.39, 0.29) is 0 Å². The van der Waals surface area contributed by atoms with E-state index >= 15 is 0 Å². The van der Waals surface area contributed by atoms with Crippen LogP contribution in [0.15, 0.2) is 212 Å². The molecule has 12 rings (SSSR count). The lowest BCUT2D eigenvalue weighted by Gasteiger charge is -2.32. The van der Waals surface area contributed by atoms with Gasteiger partial charge in [-0.3, -0.25) is 0 Å². The minimum absolute atomic E-state index is 0.429. The number of hydrogen-bond donors (Lipinski definition) is 0. The van der Waals surface area contributed by atoms with E-state index in [2.05, 4.69) is 217 Å². The Bertz CT molecular complexity index is 3130. The third-order valence-corrected chi connectivity index (χ3v) is 13.5. The zero-order valence-corrected chi connectivity index (χ0v) is 31.9. The number of fused-ring (bicyclic) bond motifs is 13. The first-order chi connectivity index (χ1) is 28.3. The highest BCUT2D eigenvalue weighted by atomic mass is 32.1. The van der Waals surface area contributed by atoms with E-state index in [0.717, 1.165) is 17.1 Å². The summed E-state index contributed by atoms with van der Waals surface area (Å²) in [5.41, 5.74) is 18.4. The van der Waals surface area contributed by atoms with Crippen molar-refractivity contribution in [2.45, 2.75) is 5.41 Å². The van der Waals surface area contributed by atoms with Crippen LogP contribution in [0.5, 0.6) is 0 Å². The lowest BCUT2D eigenvalue weighted by atomic mass is 9.70. The van der Waals surface area contributed by atoms with Crippen molar-refractivity contribution in [1.29, 1.82) is 0 Å². The maximum absolute atomic E-state index is 2.50. The molecule has 0 unspecified atom stereocenters. The average molecular weight is 742 g/mol. The summed E-state index contributed by atoms with van der Waals surface area (Å²) in [5.74, 6) is 0. The summed E-state index contributed by atoms with van der Waals surface area (Å²) < 4.78 is 2.61. The Morgan fingerprint density at radius 3 is 1.51 bits per heavy atom. The lowest BCUT2D eigenvalue weighted by Crippen LogP contribution is -2.26. The maximum atomic E-state index is 2.50. The predicted octanol–water partition coefficient (Wildman–Crippen LogP) is 15.2. The quantitative estimate of drug-likeness (QED) is 0.170. The molecule has 0 radical (unpaired) electrons. The molecule has 10 aromatic rings. The molecule has 2 aliphatic carbocycles. The second-order valence-corrected chi connectivity index (χ2v) is 16.3. The second kappa shape index (κ2) is 12.5. The SMILES string of the molecule is c1ccc(-c2ccc(-c3ccccc3N(c3ccc4c(c3)C3(c5ccccc5-c5ccccc53)c3ccccc3-4)c3ccc4sc5ccccc5c4c3)cc2)cc1. The molecule has 0 saturated carbocycles. The van der Waals surface area contributed by atoms with Crippen LogP contribution in [0, 0.1) is 0 Å². The van der Waals surface area contributed by atoms with Crippen LogP contribution in [0.25, 0.3) is 64.7 Å². The van der Waals surface area contributed by atoms with Gasteiger partial charge in [0.15, 0.2) is 0 Å². The van der Waals surface area contributed by atoms with E-state index < -0.39 is 5.41 Å². The molecule has 0 aliphatic heterocycles. The van der Waals surface area contributed by atoms with Gasteiger partial charge in [-0.2, -0.15) is 0 Å². The zero-order valence-electron chi connectivity index (χ0n) is 31.1. The van der Waals surface area contributed by atoms with E-state index in [1.807, 2.05) is 11.3 Å². The Kier molecular flexibility index (Phi) is 7.08. The predicted molar refractivity (Wildman–Crippen MR) is 241 cm³/mol. The van der Waals surface area contributed by atoms with Crippen LogP contribution in [-0.4, -0.2) is 0 Å². The molecule has 9 aromatic carbocycles. The fourth-order valence-electron chi connectivity index (χ4n) is 9.89. The Morgan fingerprint density at radius 2 is 0.807 bits per heavy atom. The van der Waals surface area contributed by atoms with Gasteiger partial charge in [0.25, 0.3) is 0 Å². The van der Waals surface area contributed by atoms with Crippen molar-refractivity contribution in [3.05, 3.63) is 235 Å². The summed E-state index contributed by atoms with van der Waals surface area (Å²) in [7, 11) is 0. The van der Waals surface area contributed by atoms with Gasteiger partial charge in [-0.05, 0) is 104 Å². The first-order valence-corrected chi connectivity index (χ1v) is 20.5. The van der Waals surface area contributed by atoms with E-state index in [0.29, 0.717) is 0 Å². The van der Waals surface area contributed by atoms with Gasteiger partial charge in [0.1, 0.15) is 0 Å². The van der Waals surface area contributed by atoms with Crippen LogP contribution in [-0.2, 0) is 5.41 Å². The lowest BCUT2D eigenvalue weighted by molar-refractivity contribution is 0.793. The third kappa shape index (κ3) is 4.68. The highest BCUT2D eigenvalue weighted by Crippen LogP contribution is 2.63. The summed E-state index contributed by atoms with van der Waals surface area (Å²) in [5, 5.41) is 2.58. The molecular formula is C55H35NS. The summed E-state index contributed by atoms with van der Waals surface area (Å²) in [6.45, 7) is 0. The van der Waals surface area contributed by atoms with E-state index in [9.17, 15) is 0 Å². The Hall–Kier alpha value is -7.00. The molecule has 266 valence electrons. The number of benzene rings is 9. The van der Waals surface area contributed by atoms with Crippen molar-refractivity contribution >= 4 is 48.6 Å². The smallest absolute Gasteiger partial charge is 0.0726 e. The van der Waals surface area contributed by atoms with Crippen LogP contribution in [0.3, 0.4) is 0 Å². The molecule has 57 heavy (non-hydrogen) atoms. The molecule has 0 amide bonds. The van der Waals surface area contributed by atoms with Crippen LogP contribution in [0.4, 0.5) is 17.1 Å². The molecule has 2 heteroatoms. The summed E-state index contributed by atoms with van der Waals surface area (Å²) in [4.78, 5) is 2.50. The third-order valence-electron chi connectivity index (χ3n) is 12.3. The summed E-state index contributed by atoms with van der Waals surface area (Å²) in [6.07, 6.45) is 0. The second-order valence-electron chi connectivity index (χ2n) is 15.2. The summed E-state index contributed by atoms with van der Waals surface area (Å²) >= 11 is 1.86. The van der Waals surface area contributed by atoms with Crippen LogP contribution in [0.2, 0.25) is 0 Å². The first kappa shape index (κ1) is 32.3. The van der Waals surface area contributed by atoms with Gasteiger partial charge in [0.2, 0.25) is 0 Å². The molecule has 2 aliphatic rings. The fraction of sp³-hybridized carbons (Fsp3) is 0.0182. The minimum Gasteiger partial charge on any atom is -0.310 e. The van der Waals surface area contributed by atoms with E-state index in [1.165, 1.54) is 86.9 Å². The molecule has 0 fully saturated rings. The maximum Gasteiger partial charge on any atom is 0.0726 e. The molecule has 1 nitrogen and oxygen atoms in total. The van der Waals surface area contributed by atoms with E-state index in [1.54, 1.807) is 0 Å². The van der Waals surface area contributed by atoms with Gasteiger partial charge in [-0.1, -0.05) is 170 Å². The number of thiophene rings is 1. The van der Waals surface area contributed by atoms with Crippen molar-refractivity contribution in [1.82, 2.24) is 0 Å². The van der Waals surface area contributed by atoms with Gasteiger partial charge < -0.3 is 4.90 Å². The standard InChI is InChI=1S/C55H35NS/c1-2-14-36(15-3-1)37-26-28-38(29-27-37)41-16-7-12-24-52(41)56(39-31-33-54-47(34-39)46-20-8-13-25-53(46)57-54)40-30-32-45-44-19-6-11-23-50(44)55(51(45)35-40)48-21-9-4-17-42(48)43-18-5-10-22-49(43)55/h1-35H. The minimum atomic E-state index is -0.429. The fourth-order valence-corrected chi connectivity index (χ4v) is 11.0. The molecule has 1 aromatic heterocycles. The zero-order chi connectivity index (χ0) is 37.5. The largest absolute Gasteiger partial charge is 0.310 e. The molecule has 0 bridgehead atoms. The normalized spacial score (nSPS) is 13.1. The molecule has 1 spiro atoms. The van der Waals surface area contributed by atoms with E-state index in [4.69, 9.17) is 0 Å². The number of anilines is 3. The Labute approximate surface area is 336 Å². The number of rotatable bonds is 5. The molecule has 0 saturated heterocycles. The highest BCUT2D eigenvalue weighted by molar-refractivity contribution is 7.25. The van der Waals surface area contributed by atoms with Gasteiger partial charge in [0.05, 0.1) is 11.1 Å². The number of para-hydroxylation sites is 1. The Morgan fingerprint density at radius 1 is 0.316 bits per heavy atom. The van der Waals surface area contributed by atoms with Gasteiger partial charge >= 0.3 is 0 Å². The molecular weight excluding hydrogens is 707 g/mol. The number of hydrogen-bond acceptors (Lipinski definition) is 2.